The van der Waals surface area contributed by atoms with Gasteiger partial charge in [0, 0.05) is 23.9 Å². The third kappa shape index (κ3) is 2.58. The summed E-state index contributed by atoms with van der Waals surface area (Å²) in [4.78, 5) is 0. The molecule has 0 aliphatic carbocycles. The summed E-state index contributed by atoms with van der Waals surface area (Å²) in [6.45, 7) is 2.58. The van der Waals surface area contributed by atoms with Gasteiger partial charge in [0.2, 0.25) is 5.89 Å². The molecule has 0 unspecified atom stereocenters. The lowest BCUT2D eigenvalue weighted by molar-refractivity contribution is 0.509. The van der Waals surface area contributed by atoms with Gasteiger partial charge in [0.25, 0.3) is 5.89 Å². The fourth-order valence-corrected chi connectivity index (χ4v) is 2.83. The number of hydrogen-bond acceptors (Lipinski definition) is 3. The fourth-order valence-electron chi connectivity index (χ4n) is 2.83. The zero-order valence-corrected chi connectivity index (χ0v) is 13.2. The van der Waals surface area contributed by atoms with Crippen molar-refractivity contribution in [3.63, 3.8) is 0 Å². The molecule has 0 spiro atoms. The molecule has 0 saturated heterocycles. The molecular weight excluding hydrogens is 305 g/mol. The number of rotatable bonds is 4. The second-order valence-electron chi connectivity index (χ2n) is 5.66. The monoisotopic (exact) mass is 321 g/mol. The highest BCUT2D eigenvalue weighted by atomic mass is 19.1. The maximum atomic E-state index is 13.2. The number of hydrogen-bond donors (Lipinski definition) is 0. The average molecular weight is 321 g/mol. The minimum absolute atomic E-state index is 0.235. The van der Waals surface area contributed by atoms with Crippen molar-refractivity contribution in [1.82, 2.24) is 14.8 Å². The van der Waals surface area contributed by atoms with Crippen molar-refractivity contribution in [2.75, 3.05) is 0 Å². The van der Waals surface area contributed by atoms with Crippen molar-refractivity contribution < 1.29 is 8.81 Å². The zero-order chi connectivity index (χ0) is 16.5. The van der Waals surface area contributed by atoms with Crippen LogP contribution in [0.1, 0.15) is 18.4 Å². The zero-order valence-electron chi connectivity index (χ0n) is 13.2. The van der Waals surface area contributed by atoms with E-state index in [1.54, 1.807) is 12.1 Å². The van der Waals surface area contributed by atoms with E-state index in [0.717, 1.165) is 22.2 Å². The molecule has 2 aromatic heterocycles. The highest BCUT2D eigenvalue weighted by Gasteiger charge is 2.16. The number of fused-ring (bicyclic) bond motifs is 1. The lowest BCUT2D eigenvalue weighted by Gasteiger charge is -2.09. The number of para-hydroxylation sites is 1. The maximum absolute atomic E-state index is 13.2. The van der Waals surface area contributed by atoms with Crippen molar-refractivity contribution >= 4 is 10.9 Å². The maximum Gasteiger partial charge on any atom is 0.264 e. The van der Waals surface area contributed by atoms with Crippen LogP contribution in [0, 0.1) is 5.82 Å². The van der Waals surface area contributed by atoms with Crippen LogP contribution in [0.4, 0.5) is 4.39 Å². The van der Waals surface area contributed by atoms with Gasteiger partial charge in [-0.05, 0) is 29.8 Å². The molecule has 0 aliphatic rings. The Bertz CT molecular complexity index is 985. The van der Waals surface area contributed by atoms with Crippen LogP contribution in [-0.4, -0.2) is 14.8 Å². The first-order chi connectivity index (χ1) is 11.7. The van der Waals surface area contributed by atoms with Crippen molar-refractivity contribution in [2.24, 2.45) is 0 Å². The molecular formula is C19H16FN3O. The van der Waals surface area contributed by atoms with E-state index in [4.69, 9.17) is 4.42 Å². The number of benzene rings is 2. The summed E-state index contributed by atoms with van der Waals surface area (Å²) in [6.07, 6.45) is 0.700. The Labute approximate surface area is 138 Å². The largest absolute Gasteiger partial charge is 0.419 e. The second kappa shape index (κ2) is 5.92. The first-order valence-corrected chi connectivity index (χ1v) is 7.90. The molecule has 0 amide bonds. The van der Waals surface area contributed by atoms with E-state index in [1.807, 2.05) is 25.1 Å². The average Bonchev–Trinajstić information content (AvgIpc) is 3.22. The molecule has 0 N–H and O–H groups in total. The van der Waals surface area contributed by atoms with E-state index in [1.165, 1.54) is 12.1 Å². The van der Waals surface area contributed by atoms with E-state index >= 15 is 0 Å². The van der Waals surface area contributed by atoms with Gasteiger partial charge in [0.1, 0.15) is 11.5 Å². The molecule has 5 heteroatoms. The fraction of sp³-hybridized carbons (Fsp3) is 0.158. The predicted octanol–water partition coefficient (Wildman–Crippen LogP) is 4.44. The van der Waals surface area contributed by atoms with Crippen molar-refractivity contribution in [3.8, 4) is 11.6 Å². The molecule has 0 bridgehead atoms. The van der Waals surface area contributed by atoms with Crippen molar-refractivity contribution in [2.45, 2.75) is 19.9 Å². The lowest BCUT2D eigenvalue weighted by atomic mass is 10.2. The molecule has 0 saturated carbocycles. The topological polar surface area (TPSA) is 43.9 Å². The Morgan fingerprint density at radius 1 is 1.04 bits per heavy atom. The van der Waals surface area contributed by atoms with Gasteiger partial charge < -0.3 is 8.98 Å². The van der Waals surface area contributed by atoms with Gasteiger partial charge in [-0.25, -0.2) is 4.39 Å². The molecule has 4 nitrogen and oxygen atoms in total. The van der Waals surface area contributed by atoms with Gasteiger partial charge in [-0.15, -0.1) is 10.2 Å². The van der Waals surface area contributed by atoms with E-state index in [9.17, 15) is 4.39 Å². The van der Waals surface area contributed by atoms with Gasteiger partial charge in [0.05, 0.1) is 0 Å². The molecule has 0 radical (unpaired) electrons. The highest BCUT2D eigenvalue weighted by Crippen LogP contribution is 2.28. The highest BCUT2D eigenvalue weighted by molar-refractivity contribution is 5.85. The minimum atomic E-state index is -0.235. The van der Waals surface area contributed by atoms with Gasteiger partial charge in [-0.2, -0.15) is 0 Å². The van der Waals surface area contributed by atoms with Gasteiger partial charge >= 0.3 is 0 Å². The summed E-state index contributed by atoms with van der Waals surface area (Å²) in [5.74, 6) is 0.884. The summed E-state index contributed by atoms with van der Waals surface area (Å²) in [5, 5.41) is 9.34. The van der Waals surface area contributed by atoms with Crippen LogP contribution in [-0.2, 0) is 13.0 Å². The summed E-state index contributed by atoms with van der Waals surface area (Å²) < 4.78 is 21.0. The Morgan fingerprint density at radius 3 is 2.58 bits per heavy atom. The van der Waals surface area contributed by atoms with Gasteiger partial charge in [-0.3, -0.25) is 0 Å². The van der Waals surface area contributed by atoms with Crippen LogP contribution in [0.5, 0.6) is 0 Å². The summed E-state index contributed by atoms with van der Waals surface area (Å²) in [7, 11) is 0. The quantitative estimate of drug-likeness (QED) is 0.558. The van der Waals surface area contributed by atoms with Crippen LogP contribution in [0.2, 0.25) is 0 Å². The summed E-state index contributed by atoms with van der Waals surface area (Å²) in [6, 6.07) is 16.7. The SMILES string of the molecule is CCc1nnc(-c2cc3ccccc3n2Cc2ccc(F)cc2)o1. The van der Waals surface area contributed by atoms with Crippen LogP contribution in [0.3, 0.4) is 0 Å². The Hall–Kier alpha value is -2.95. The van der Waals surface area contributed by atoms with Crippen LogP contribution in [0.15, 0.2) is 59.0 Å². The molecule has 0 atom stereocenters. The number of nitrogens with zero attached hydrogens (tertiary/aromatic N) is 3. The third-order valence-electron chi connectivity index (χ3n) is 4.05. The van der Waals surface area contributed by atoms with E-state index in [0.29, 0.717) is 24.7 Å². The second-order valence-corrected chi connectivity index (χ2v) is 5.66. The first-order valence-electron chi connectivity index (χ1n) is 7.90. The standard InChI is InChI=1S/C19H16FN3O/c1-2-18-21-22-19(24-18)17-11-14-5-3-4-6-16(14)23(17)12-13-7-9-15(20)10-8-13/h3-11H,2,12H2,1H3. The van der Waals surface area contributed by atoms with E-state index in [2.05, 4.69) is 26.9 Å². The Kier molecular flexibility index (Phi) is 3.61. The molecule has 0 aliphatic heterocycles. The summed E-state index contributed by atoms with van der Waals surface area (Å²) >= 11 is 0. The van der Waals surface area contributed by atoms with Crippen LogP contribution >= 0.6 is 0 Å². The molecule has 120 valence electrons. The predicted molar refractivity (Wildman–Crippen MR) is 90.1 cm³/mol. The van der Waals surface area contributed by atoms with Crippen molar-refractivity contribution in [1.29, 1.82) is 0 Å². The molecule has 4 rings (SSSR count). The third-order valence-corrected chi connectivity index (χ3v) is 4.05. The summed E-state index contributed by atoms with van der Waals surface area (Å²) in [5.41, 5.74) is 2.95. The smallest absolute Gasteiger partial charge is 0.264 e. The van der Waals surface area contributed by atoms with E-state index in [-0.39, 0.29) is 5.82 Å². The van der Waals surface area contributed by atoms with Crippen LogP contribution < -0.4 is 0 Å². The Morgan fingerprint density at radius 2 is 1.83 bits per heavy atom. The van der Waals surface area contributed by atoms with Gasteiger partial charge in [0.15, 0.2) is 0 Å². The first kappa shape index (κ1) is 14.6. The number of halogens is 1. The normalized spacial score (nSPS) is 11.2. The molecule has 2 aromatic carbocycles. The van der Waals surface area contributed by atoms with Crippen LogP contribution in [0.25, 0.3) is 22.5 Å². The number of aryl methyl sites for hydroxylation is 1. The molecule has 24 heavy (non-hydrogen) atoms. The molecule has 4 aromatic rings. The minimum Gasteiger partial charge on any atom is -0.419 e. The van der Waals surface area contributed by atoms with Gasteiger partial charge in [-0.1, -0.05) is 37.3 Å². The number of aromatic nitrogens is 3. The Balaban J connectivity index is 1.84. The van der Waals surface area contributed by atoms with E-state index < -0.39 is 0 Å². The van der Waals surface area contributed by atoms with Crippen molar-refractivity contribution in [3.05, 3.63) is 71.9 Å². The lowest BCUT2D eigenvalue weighted by Crippen LogP contribution is -2.02. The molecule has 2 heterocycles. The molecule has 0 fully saturated rings.